The summed E-state index contributed by atoms with van der Waals surface area (Å²) >= 11 is 1.17. The summed E-state index contributed by atoms with van der Waals surface area (Å²) in [6, 6.07) is 14.2. The Hall–Kier alpha value is -3.32. The standard InChI is InChI=1S/C24H23N3O3S/c1-14-5-7-16(8-6-14)20(28)18-19(15-9-11-17(12-10-15)24(2,3)4)27(22(30)21(18)29)23-26-25-13-31-23/h5-13,19,28H,1-4H3. The maximum atomic E-state index is 13.0. The molecule has 0 bridgehead atoms. The molecule has 4 rings (SSSR count). The van der Waals surface area contributed by atoms with Crippen LogP contribution in [-0.2, 0) is 15.0 Å². The van der Waals surface area contributed by atoms with Crippen LogP contribution in [-0.4, -0.2) is 27.0 Å². The molecule has 1 aromatic heterocycles. The topological polar surface area (TPSA) is 83.4 Å². The smallest absolute Gasteiger partial charge is 0.301 e. The van der Waals surface area contributed by atoms with Crippen molar-refractivity contribution in [1.82, 2.24) is 10.2 Å². The largest absolute Gasteiger partial charge is 0.507 e. The van der Waals surface area contributed by atoms with Crippen LogP contribution in [0.15, 0.2) is 59.6 Å². The Kier molecular flexibility index (Phi) is 5.23. The molecule has 1 aliphatic rings. The Morgan fingerprint density at radius 3 is 2.23 bits per heavy atom. The molecule has 1 saturated heterocycles. The number of amides is 1. The first kappa shape index (κ1) is 20.9. The molecule has 1 atom stereocenters. The summed E-state index contributed by atoms with van der Waals surface area (Å²) in [5.41, 5.74) is 4.87. The van der Waals surface area contributed by atoms with E-state index in [-0.39, 0.29) is 16.7 Å². The molecule has 2 aromatic carbocycles. The van der Waals surface area contributed by atoms with Crippen molar-refractivity contribution in [2.24, 2.45) is 0 Å². The van der Waals surface area contributed by atoms with Crippen LogP contribution in [0.4, 0.5) is 5.13 Å². The van der Waals surface area contributed by atoms with Crippen molar-refractivity contribution in [1.29, 1.82) is 0 Å². The summed E-state index contributed by atoms with van der Waals surface area (Å²) in [7, 11) is 0. The summed E-state index contributed by atoms with van der Waals surface area (Å²) in [4.78, 5) is 27.4. The Morgan fingerprint density at radius 2 is 1.68 bits per heavy atom. The van der Waals surface area contributed by atoms with Crippen LogP contribution in [0, 0.1) is 6.92 Å². The molecule has 1 aliphatic heterocycles. The third kappa shape index (κ3) is 3.77. The van der Waals surface area contributed by atoms with Gasteiger partial charge in [0.25, 0.3) is 5.78 Å². The highest BCUT2D eigenvalue weighted by atomic mass is 32.1. The Balaban J connectivity index is 1.90. The molecule has 0 spiro atoms. The van der Waals surface area contributed by atoms with Gasteiger partial charge in [0.15, 0.2) is 0 Å². The lowest BCUT2D eigenvalue weighted by atomic mass is 9.85. The SMILES string of the molecule is Cc1ccc(C(O)=C2C(=O)C(=O)N(c3nncs3)C2c2ccc(C(C)(C)C)cc2)cc1. The minimum atomic E-state index is -0.789. The number of hydrogen-bond donors (Lipinski definition) is 1. The molecule has 0 aliphatic carbocycles. The predicted molar refractivity (Wildman–Crippen MR) is 121 cm³/mol. The number of nitrogens with zero attached hydrogens (tertiary/aromatic N) is 3. The van der Waals surface area contributed by atoms with E-state index in [0.717, 1.165) is 16.7 Å². The van der Waals surface area contributed by atoms with Gasteiger partial charge < -0.3 is 5.11 Å². The molecular formula is C24H23N3O3S. The minimum Gasteiger partial charge on any atom is -0.507 e. The molecule has 1 unspecified atom stereocenters. The number of aromatic nitrogens is 2. The normalized spacial score (nSPS) is 18.6. The van der Waals surface area contributed by atoms with Crippen LogP contribution in [0.5, 0.6) is 0 Å². The van der Waals surface area contributed by atoms with Gasteiger partial charge >= 0.3 is 5.91 Å². The number of aliphatic hydroxyl groups is 1. The number of Topliss-reactive ketones (excluding diaryl/α,β-unsaturated/α-hetero) is 1. The molecule has 7 heteroatoms. The number of anilines is 1. The van der Waals surface area contributed by atoms with Crippen LogP contribution < -0.4 is 4.90 Å². The minimum absolute atomic E-state index is 0.0402. The van der Waals surface area contributed by atoms with Crippen molar-refractivity contribution in [2.75, 3.05) is 4.90 Å². The Morgan fingerprint density at radius 1 is 1.03 bits per heavy atom. The predicted octanol–water partition coefficient (Wildman–Crippen LogP) is 4.77. The Labute approximate surface area is 184 Å². The van der Waals surface area contributed by atoms with Gasteiger partial charge in [0.2, 0.25) is 5.13 Å². The van der Waals surface area contributed by atoms with Crippen LogP contribution in [0.2, 0.25) is 0 Å². The summed E-state index contributed by atoms with van der Waals surface area (Å²) < 4.78 is 0. The fourth-order valence-electron chi connectivity index (χ4n) is 3.65. The Bertz CT molecular complexity index is 1160. The van der Waals surface area contributed by atoms with Crippen LogP contribution >= 0.6 is 11.3 Å². The highest BCUT2D eigenvalue weighted by molar-refractivity contribution is 7.13. The highest BCUT2D eigenvalue weighted by Gasteiger charge is 2.48. The second-order valence-electron chi connectivity index (χ2n) is 8.63. The van der Waals surface area contributed by atoms with E-state index in [1.54, 1.807) is 12.1 Å². The lowest BCUT2D eigenvalue weighted by Gasteiger charge is -2.24. The van der Waals surface area contributed by atoms with Gasteiger partial charge in [0.05, 0.1) is 11.6 Å². The van der Waals surface area contributed by atoms with Crippen molar-refractivity contribution < 1.29 is 14.7 Å². The fraction of sp³-hybridized carbons (Fsp3) is 0.250. The molecule has 1 N–H and O–H groups in total. The number of hydrogen-bond acceptors (Lipinski definition) is 6. The average Bonchev–Trinajstić information content (AvgIpc) is 3.34. The number of rotatable bonds is 3. The van der Waals surface area contributed by atoms with Gasteiger partial charge in [0.1, 0.15) is 11.3 Å². The number of ketones is 1. The fourth-order valence-corrected chi connectivity index (χ4v) is 4.23. The van der Waals surface area contributed by atoms with Crippen LogP contribution in [0.1, 0.15) is 49.1 Å². The van der Waals surface area contributed by atoms with Crippen molar-refractivity contribution in [2.45, 2.75) is 39.2 Å². The molecule has 0 radical (unpaired) electrons. The number of carbonyl (C=O) groups excluding carboxylic acids is 2. The van der Waals surface area contributed by atoms with E-state index in [1.165, 1.54) is 21.7 Å². The van der Waals surface area contributed by atoms with E-state index < -0.39 is 17.7 Å². The molecule has 1 fully saturated rings. The number of benzene rings is 2. The lowest BCUT2D eigenvalue weighted by Crippen LogP contribution is -2.29. The first-order chi connectivity index (χ1) is 14.7. The van der Waals surface area contributed by atoms with Gasteiger partial charge in [-0.25, -0.2) is 0 Å². The van der Waals surface area contributed by atoms with Crippen molar-refractivity contribution in [3.8, 4) is 0 Å². The van der Waals surface area contributed by atoms with Crippen LogP contribution in [0.3, 0.4) is 0 Å². The van der Waals surface area contributed by atoms with E-state index in [4.69, 9.17) is 0 Å². The van der Waals surface area contributed by atoms with Crippen molar-refractivity contribution >= 4 is 33.9 Å². The monoisotopic (exact) mass is 433 g/mol. The van der Waals surface area contributed by atoms with E-state index in [2.05, 4.69) is 31.0 Å². The number of carbonyl (C=O) groups is 2. The van der Waals surface area contributed by atoms with Gasteiger partial charge in [-0.15, -0.1) is 10.2 Å². The summed E-state index contributed by atoms with van der Waals surface area (Å²) in [6.45, 7) is 8.29. The van der Waals surface area contributed by atoms with E-state index >= 15 is 0 Å². The maximum Gasteiger partial charge on any atom is 0.301 e. The lowest BCUT2D eigenvalue weighted by molar-refractivity contribution is -0.132. The van der Waals surface area contributed by atoms with Gasteiger partial charge in [-0.3, -0.25) is 14.5 Å². The highest BCUT2D eigenvalue weighted by Crippen LogP contribution is 2.42. The third-order valence-corrected chi connectivity index (χ3v) is 6.11. The summed E-state index contributed by atoms with van der Waals surface area (Å²) in [5, 5.41) is 19.2. The number of aryl methyl sites for hydroxylation is 1. The van der Waals surface area contributed by atoms with Gasteiger partial charge in [-0.05, 0) is 23.5 Å². The quantitative estimate of drug-likeness (QED) is 0.365. The number of aliphatic hydroxyl groups excluding tert-OH is 1. The van der Waals surface area contributed by atoms with Gasteiger partial charge in [0, 0.05) is 5.56 Å². The second kappa shape index (κ2) is 7.74. The summed E-state index contributed by atoms with van der Waals surface area (Å²) in [5.74, 6) is -1.66. The zero-order chi connectivity index (χ0) is 22.3. The molecule has 1 amide bonds. The molecule has 0 saturated carbocycles. The molecule has 31 heavy (non-hydrogen) atoms. The van der Waals surface area contributed by atoms with E-state index in [1.807, 2.05) is 43.3 Å². The first-order valence-corrected chi connectivity index (χ1v) is 10.8. The average molecular weight is 434 g/mol. The molecule has 3 aromatic rings. The zero-order valence-corrected chi connectivity index (χ0v) is 18.6. The molecule has 6 nitrogen and oxygen atoms in total. The first-order valence-electron chi connectivity index (χ1n) is 9.93. The molecular weight excluding hydrogens is 410 g/mol. The third-order valence-electron chi connectivity index (χ3n) is 5.42. The van der Waals surface area contributed by atoms with Gasteiger partial charge in [-0.1, -0.05) is 86.2 Å². The van der Waals surface area contributed by atoms with Crippen molar-refractivity contribution in [3.63, 3.8) is 0 Å². The second-order valence-corrected chi connectivity index (χ2v) is 9.44. The van der Waals surface area contributed by atoms with E-state index in [9.17, 15) is 14.7 Å². The van der Waals surface area contributed by atoms with Crippen LogP contribution in [0.25, 0.3) is 5.76 Å². The van der Waals surface area contributed by atoms with E-state index in [0.29, 0.717) is 10.7 Å². The van der Waals surface area contributed by atoms with Gasteiger partial charge in [-0.2, -0.15) is 0 Å². The summed E-state index contributed by atoms with van der Waals surface area (Å²) in [6.07, 6.45) is 0. The molecule has 158 valence electrons. The van der Waals surface area contributed by atoms with Crippen molar-refractivity contribution in [3.05, 3.63) is 81.9 Å². The maximum absolute atomic E-state index is 13.0. The molecule has 2 heterocycles. The zero-order valence-electron chi connectivity index (χ0n) is 17.8.